The highest BCUT2D eigenvalue weighted by Gasteiger charge is 2.41. The van der Waals surface area contributed by atoms with Gasteiger partial charge in [-0.15, -0.1) is 0 Å². The number of amides is 2. The first-order valence-corrected chi connectivity index (χ1v) is 9.77. The van der Waals surface area contributed by atoms with Crippen molar-refractivity contribution in [1.29, 1.82) is 0 Å². The van der Waals surface area contributed by atoms with E-state index in [4.69, 9.17) is 23.2 Å². The fourth-order valence-electron chi connectivity index (χ4n) is 3.74. The van der Waals surface area contributed by atoms with Crippen LogP contribution in [0.25, 0.3) is 0 Å². The fourth-order valence-corrected chi connectivity index (χ4v) is 4.07. The number of hydrogen-bond acceptors (Lipinski definition) is 3. The highest BCUT2D eigenvalue weighted by molar-refractivity contribution is 6.31. The van der Waals surface area contributed by atoms with Crippen molar-refractivity contribution < 1.29 is 9.59 Å². The Morgan fingerprint density at radius 3 is 2.55 bits per heavy atom. The second-order valence-electron chi connectivity index (χ2n) is 6.95. The number of carbonyl (C=O) groups excluding carboxylic acids is 2. The Bertz CT molecular complexity index is 1110. The molecule has 2 atom stereocenters. The topological polar surface area (TPSA) is 76.0 Å². The van der Waals surface area contributed by atoms with Gasteiger partial charge in [-0.2, -0.15) is 5.10 Å². The fraction of sp³-hybridized carbons (Fsp3) is 0.190. The van der Waals surface area contributed by atoms with E-state index in [9.17, 15) is 9.59 Å². The molecule has 4 rings (SSSR count). The second kappa shape index (κ2) is 7.54. The van der Waals surface area contributed by atoms with E-state index in [0.717, 1.165) is 16.8 Å². The lowest BCUT2D eigenvalue weighted by molar-refractivity contribution is -0.118. The van der Waals surface area contributed by atoms with E-state index < -0.39 is 12.0 Å². The van der Waals surface area contributed by atoms with Gasteiger partial charge in [0.05, 0.1) is 5.69 Å². The summed E-state index contributed by atoms with van der Waals surface area (Å²) in [6.45, 7) is 1.88. The van der Waals surface area contributed by atoms with Crippen molar-refractivity contribution >= 4 is 40.8 Å². The van der Waals surface area contributed by atoms with E-state index in [1.807, 2.05) is 25.1 Å². The van der Waals surface area contributed by atoms with Crippen molar-refractivity contribution in [2.45, 2.75) is 18.9 Å². The van der Waals surface area contributed by atoms with Crippen molar-refractivity contribution in [2.24, 2.45) is 7.05 Å². The molecule has 0 radical (unpaired) electrons. The molecule has 2 amide bonds. The molecule has 0 saturated carbocycles. The Labute approximate surface area is 177 Å². The van der Waals surface area contributed by atoms with Crippen LogP contribution in [0.4, 0.5) is 5.82 Å². The number of aromatic nitrogens is 2. The summed E-state index contributed by atoms with van der Waals surface area (Å²) in [5.41, 5.74) is 2.88. The molecule has 3 aromatic rings. The molecule has 1 aliphatic heterocycles. The largest absolute Gasteiger partial charge is 0.339 e. The van der Waals surface area contributed by atoms with Gasteiger partial charge in [-0.05, 0) is 48.9 Å². The van der Waals surface area contributed by atoms with E-state index in [1.165, 1.54) is 0 Å². The van der Waals surface area contributed by atoms with Crippen LogP contribution in [-0.4, -0.2) is 27.6 Å². The third kappa shape index (κ3) is 3.61. The SMILES string of the molecule is Cc1nn(C)c2c1[C@H](c1cccc(Cl)c1)[C@@H](NC(=O)c1ccc(Cl)cc1)C(=O)N2. The van der Waals surface area contributed by atoms with Crippen molar-refractivity contribution in [3.05, 3.63) is 81.0 Å². The van der Waals surface area contributed by atoms with Crippen LogP contribution in [-0.2, 0) is 11.8 Å². The standard InChI is InChI=1S/C21H18Cl2N4O2/c1-11-16-17(13-4-3-5-15(23)10-13)18(21(29)25-19(16)27(2)26-11)24-20(28)12-6-8-14(22)9-7-12/h3-10,17-18H,1-2H3,(H,24,28)(H,25,29)/t17-,18+/m0/s1. The van der Waals surface area contributed by atoms with Crippen LogP contribution in [0.15, 0.2) is 48.5 Å². The summed E-state index contributed by atoms with van der Waals surface area (Å²) >= 11 is 12.1. The molecule has 1 aliphatic rings. The van der Waals surface area contributed by atoms with Gasteiger partial charge in [0.2, 0.25) is 5.91 Å². The Morgan fingerprint density at radius 2 is 1.86 bits per heavy atom. The molecule has 0 unspecified atom stereocenters. The minimum Gasteiger partial charge on any atom is -0.339 e. The third-order valence-electron chi connectivity index (χ3n) is 5.04. The summed E-state index contributed by atoms with van der Waals surface area (Å²) < 4.78 is 1.64. The number of anilines is 1. The van der Waals surface area contributed by atoms with Crippen molar-refractivity contribution in [2.75, 3.05) is 5.32 Å². The number of fused-ring (bicyclic) bond motifs is 1. The molecule has 0 aliphatic carbocycles. The first kappa shape index (κ1) is 19.5. The number of benzene rings is 2. The molecule has 0 spiro atoms. The van der Waals surface area contributed by atoms with Crippen LogP contribution in [0, 0.1) is 6.92 Å². The van der Waals surface area contributed by atoms with Gasteiger partial charge in [0, 0.05) is 34.1 Å². The highest BCUT2D eigenvalue weighted by Crippen LogP contribution is 2.39. The molecular formula is C21H18Cl2N4O2. The van der Waals surface area contributed by atoms with Gasteiger partial charge in [0.1, 0.15) is 11.9 Å². The Hall–Kier alpha value is -2.83. The van der Waals surface area contributed by atoms with Gasteiger partial charge in [-0.1, -0.05) is 35.3 Å². The Morgan fingerprint density at radius 1 is 1.14 bits per heavy atom. The predicted octanol–water partition coefficient (Wildman–Crippen LogP) is 3.92. The molecule has 8 heteroatoms. The molecule has 2 N–H and O–H groups in total. The van der Waals surface area contributed by atoms with Crippen molar-refractivity contribution in [3.8, 4) is 0 Å². The minimum absolute atomic E-state index is 0.312. The number of aryl methyl sites for hydroxylation is 2. The Kier molecular flexibility index (Phi) is 5.06. The molecule has 2 heterocycles. The summed E-state index contributed by atoms with van der Waals surface area (Å²) in [4.78, 5) is 25.8. The van der Waals surface area contributed by atoms with E-state index >= 15 is 0 Å². The average molecular weight is 429 g/mol. The van der Waals surface area contributed by atoms with Gasteiger partial charge in [0.25, 0.3) is 5.91 Å². The summed E-state index contributed by atoms with van der Waals surface area (Å²) in [6, 6.07) is 13.0. The van der Waals surface area contributed by atoms with Crippen molar-refractivity contribution in [1.82, 2.24) is 15.1 Å². The number of nitrogens with zero attached hydrogens (tertiary/aromatic N) is 2. The molecule has 0 bridgehead atoms. The molecule has 6 nitrogen and oxygen atoms in total. The minimum atomic E-state index is -0.827. The van der Waals surface area contributed by atoms with Crippen LogP contribution in [0.3, 0.4) is 0 Å². The molecular weight excluding hydrogens is 411 g/mol. The zero-order chi connectivity index (χ0) is 20.7. The summed E-state index contributed by atoms with van der Waals surface area (Å²) in [5, 5.41) is 11.3. The van der Waals surface area contributed by atoms with Crippen molar-refractivity contribution in [3.63, 3.8) is 0 Å². The highest BCUT2D eigenvalue weighted by atomic mass is 35.5. The van der Waals surface area contributed by atoms with E-state index in [0.29, 0.717) is 21.4 Å². The quantitative estimate of drug-likeness (QED) is 0.663. The number of carbonyl (C=O) groups is 2. The van der Waals surface area contributed by atoms with E-state index in [2.05, 4.69) is 15.7 Å². The van der Waals surface area contributed by atoms with Gasteiger partial charge in [0.15, 0.2) is 0 Å². The first-order chi connectivity index (χ1) is 13.8. The number of nitrogens with one attached hydrogen (secondary N) is 2. The van der Waals surface area contributed by atoms with Crippen LogP contribution < -0.4 is 10.6 Å². The Balaban J connectivity index is 1.78. The third-order valence-corrected chi connectivity index (χ3v) is 5.52. The van der Waals surface area contributed by atoms with Gasteiger partial charge >= 0.3 is 0 Å². The van der Waals surface area contributed by atoms with Crippen LogP contribution in [0.2, 0.25) is 10.0 Å². The lowest BCUT2D eigenvalue weighted by atomic mass is 9.82. The number of halogens is 2. The zero-order valence-electron chi connectivity index (χ0n) is 15.7. The number of hydrogen-bond donors (Lipinski definition) is 2. The lowest BCUT2D eigenvalue weighted by Crippen LogP contribution is -2.50. The molecule has 1 aromatic heterocycles. The van der Waals surface area contributed by atoms with Gasteiger partial charge < -0.3 is 10.6 Å². The monoisotopic (exact) mass is 428 g/mol. The molecule has 0 fully saturated rings. The van der Waals surface area contributed by atoms with Crippen LogP contribution >= 0.6 is 23.2 Å². The van der Waals surface area contributed by atoms with E-state index in [-0.39, 0.29) is 11.8 Å². The van der Waals surface area contributed by atoms with Gasteiger partial charge in [-0.3, -0.25) is 14.3 Å². The maximum atomic E-state index is 13.0. The second-order valence-corrected chi connectivity index (χ2v) is 7.82. The van der Waals surface area contributed by atoms with E-state index in [1.54, 1.807) is 42.1 Å². The van der Waals surface area contributed by atoms with Crippen LogP contribution in [0.5, 0.6) is 0 Å². The number of rotatable bonds is 3. The molecule has 29 heavy (non-hydrogen) atoms. The smallest absolute Gasteiger partial charge is 0.251 e. The first-order valence-electron chi connectivity index (χ1n) is 9.01. The molecule has 0 saturated heterocycles. The molecule has 2 aromatic carbocycles. The maximum Gasteiger partial charge on any atom is 0.251 e. The normalized spacial score (nSPS) is 18.1. The maximum absolute atomic E-state index is 13.0. The molecule has 148 valence electrons. The summed E-state index contributed by atoms with van der Waals surface area (Å²) in [5.74, 6) is -0.483. The summed E-state index contributed by atoms with van der Waals surface area (Å²) in [6.07, 6.45) is 0. The predicted molar refractivity (Wildman–Crippen MR) is 113 cm³/mol. The van der Waals surface area contributed by atoms with Gasteiger partial charge in [-0.25, -0.2) is 0 Å². The average Bonchev–Trinajstić information content (AvgIpc) is 2.96. The van der Waals surface area contributed by atoms with Crippen LogP contribution in [0.1, 0.15) is 33.1 Å². The summed E-state index contributed by atoms with van der Waals surface area (Å²) in [7, 11) is 1.77. The lowest BCUT2D eigenvalue weighted by Gasteiger charge is -2.32. The zero-order valence-corrected chi connectivity index (χ0v) is 17.3.